The van der Waals surface area contributed by atoms with Crippen molar-refractivity contribution in [3.8, 4) is 11.8 Å². The number of carboxylic acids is 1. The Balaban J connectivity index is 1.53. The number of halogens is 1. The van der Waals surface area contributed by atoms with Gasteiger partial charge in [-0.3, -0.25) is 15.1 Å². The van der Waals surface area contributed by atoms with Crippen LogP contribution in [0.5, 0.6) is 0 Å². The van der Waals surface area contributed by atoms with Crippen LogP contribution in [0.3, 0.4) is 0 Å². The third kappa shape index (κ3) is 4.82. The first-order chi connectivity index (χ1) is 13.0. The predicted molar refractivity (Wildman–Crippen MR) is 99.4 cm³/mol. The molecule has 0 heterocycles. The first kappa shape index (κ1) is 19.7. The number of hydrogen-bond acceptors (Lipinski definition) is 5. The maximum Gasteiger partial charge on any atom is 0.303 e. The van der Waals surface area contributed by atoms with Crippen LogP contribution in [0.15, 0.2) is 35.5 Å². The Morgan fingerprint density at radius 2 is 2.07 bits per heavy atom. The number of hydrogen-bond donors (Lipinski definition) is 4. The van der Waals surface area contributed by atoms with Crippen LogP contribution in [0.2, 0.25) is 5.02 Å². The first-order valence-corrected chi connectivity index (χ1v) is 9.27. The van der Waals surface area contributed by atoms with E-state index < -0.39 is 18.2 Å². The SMILES string of the molecule is O=C(O)CCCONC1=C2CC(O)C(C#CC(O)c3ccc(Cl)cc3)C2C1. The van der Waals surface area contributed by atoms with Gasteiger partial charge in [-0.2, -0.15) is 0 Å². The number of carbonyl (C=O) groups is 1. The minimum atomic E-state index is -0.919. The van der Waals surface area contributed by atoms with E-state index in [-0.39, 0.29) is 18.3 Å². The average molecular weight is 392 g/mol. The summed E-state index contributed by atoms with van der Waals surface area (Å²) in [6, 6.07) is 6.86. The molecule has 27 heavy (non-hydrogen) atoms. The maximum atomic E-state index is 10.5. The van der Waals surface area contributed by atoms with E-state index in [2.05, 4.69) is 17.3 Å². The molecule has 1 aromatic rings. The molecule has 0 radical (unpaired) electrons. The number of nitrogens with one attached hydrogen (secondary N) is 1. The fourth-order valence-electron chi connectivity index (χ4n) is 3.45. The van der Waals surface area contributed by atoms with Gasteiger partial charge in [0.2, 0.25) is 0 Å². The molecule has 0 saturated heterocycles. The summed E-state index contributed by atoms with van der Waals surface area (Å²) in [5.41, 5.74) is 5.57. The second kappa shape index (κ2) is 8.77. The lowest BCUT2D eigenvalue weighted by molar-refractivity contribution is -0.137. The highest BCUT2D eigenvalue weighted by Gasteiger charge is 2.45. The van der Waals surface area contributed by atoms with Gasteiger partial charge in [0.25, 0.3) is 0 Å². The van der Waals surface area contributed by atoms with Crippen LogP contribution in [0.1, 0.15) is 37.4 Å². The summed E-state index contributed by atoms with van der Waals surface area (Å²) >= 11 is 5.84. The van der Waals surface area contributed by atoms with Gasteiger partial charge in [-0.1, -0.05) is 35.6 Å². The van der Waals surface area contributed by atoms with Gasteiger partial charge in [-0.25, -0.2) is 0 Å². The molecule has 4 unspecified atom stereocenters. The molecule has 0 bridgehead atoms. The van der Waals surface area contributed by atoms with Gasteiger partial charge in [0.05, 0.1) is 18.6 Å². The number of fused-ring (bicyclic) bond motifs is 1. The molecular formula is C20H22ClNO5. The van der Waals surface area contributed by atoms with Crippen LogP contribution in [-0.4, -0.2) is 34.0 Å². The van der Waals surface area contributed by atoms with E-state index in [9.17, 15) is 15.0 Å². The van der Waals surface area contributed by atoms with Crippen molar-refractivity contribution in [1.29, 1.82) is 0 Å². The third-order valence-electron chi connectivity index (χ3n) is 4.94. The lowest BCUT2D eigenvalue weighted by Gasteiger charge is -2.30. The summed E-state index contributed by atoms with van der Waals surface area (Å²) in [7, 11) is 0. The number of hydroxylamine groups is 1. The minimum Gasteiger partial charge on any atom is -0.481 e. The van der Waals surface area contributed by atoms with E-state index in [1.165, 1.54) is 0 Å². The molecule has 2 aliphatic carbocycles. The average Bonchev–Trinajstić information content (AvgIpc) is 2.87. The summed E-state index contributed by atoms with van der Waals surface area (Å²) in [6.07, 6.45) is 0.277. The van der Waals surface area contributed by atoms with Crippen LogP contribution < -0.4 is 5.48 Å². The molecular weight excluding hydrogens is 370 g/mol. The van der Waals surface area contributed by atoms with E-state index in [1.807, 2.05) is 0 Å². The minimum absolute atomic E-state index is 0.0720. The van der Waals surface area contributed by atoms with Crippen molar-refractivity contribution < 1.29 is 25.0 Å². The largest absolute Gasteiger partial charge is 0.481 e. The zero-order valence-electron chi connectivity index (χ0n) is 14.7. The summed E-state index contributed by atoms with van der Waals surface area (Å²) < 4.78 is 0. The van der Waals surface area contributed by atoms with E-state index in [1.54, 1.807) is 24.3 Å². The zero-order chi connectivity index (χ0) is 19.4. The second-order valence-corrected chi connectivity index (χ2v) is 7.24. The lowest BCUT2D eigenvalue weighted by Crippen LogP contribution is -2.29. The van der Waals surface area contributed by atoms with Crippen molar-refractivity contribution in [2.24, 2.45) is 11.8 Å². The normalized spacial score (nSPS) is 24.5. The van der Waals surface area contributed by atoms with Crippen molar-refractivity contribution >= 4 is 17.6 Å². The number of allylic oxidation sites excluding steroid dienone is 1. The molecule has 0 spiro atoms. The Morgan fingerprint density at radius 3 is 2.78 bits per heavy atom. The first-order valence-electron chi connectivity index (χ1n) is 8.90. The number of aliphatic hydroxyl groups is 2. The molecule has 4 N–H and O–H groups in total. The molecule has 4 atom stereocenters. The Labute approximate surface area is 162 Å². The molecule has 1 saturated carbocycles. The smallest absolute Gasteiger partial charge is 0.303 e. The van der Waals surface area contributed by atoms with Crippen molar-refractivity contribution in [1.82, 2.24) is 5.48 Å². The van der Waals surface area contributed by atoms with Crippen molar-refractivity contribution in [3.63, 3.8) is 0 Å². The number of aliphatic hydroxyl groups excluding tert-OH is 2. The molecule has 2 aliphatic rings. The van der Waals surface area contributed by atoms with E-state index in [0.717, 1.165) is 17.7 Å². The highest BCUT2D eigenvalue weighted by atomic mass is 35.5. The third-order valence-corrected chi connectivity index (χ3v) is 5.19. The maximum absolute atomic E-state index is 10.5. The molecule has 0 aromatic heterocycles. The van der Waals surface area contributed by atoms with Crippen LogP contribution in [0, 0.1) is 23.7 Å². The van der Waals surface area contributed by atoms with Gasteiger partial charge >= 0.3 is 5.97 Å². The number of benzene rings is 1. The molecule has 7 heteroatoms. The molecule has 0 aliphatic heterocycles. The summed E-state index contributed by atoms with van der Waals surface area (Å²) in [4.78, 5) is 15.7. The predicted octanol–water partition coefficient (Wildman–Crippen LogP) is 2.42. The van der Waals surface area contributed by atoms with Gasteiger partial charge in [-0.15, -0.1) is 0 Å². The number of aliphatic carboxylic acids is 1. The van der Waals surface area contributed by atoms with Crippen molar-refractivity contribution in [2.75, 3.05) is 6.61 Å². The summed E-state index contributed by atoms with van der Waals surface area (Å²) in [5.74, 6) is 4.98. The topological polar surface area (TPSA) is 99.0 Å². The van der Waals surface area contributed by atoms with Gasteiger partial charge in [0, 0.05) is 23.1 Å². The molecule has 1 aromatic carbocycles. The standard InChI is InChI=1S/C20H22ClNO5/c21-13-5-3-12(4-6-13)18(23)8-7-14-15-10-17(16(15)11-19(14)24)22-27-9-1-2-20(25)26/h3-6,14-15,18-19,22-24H,1-2,9-11H2,(H,25,26). The van der Waals surface area contributed by atoms with Gasteiger partial charge in [0.15, 0.2) is 0 Å². The van der Waals surface area contributed by atoms with Gasteiger partial charge < -0.3 is 15.3 Å². The number of carboxylic acid groups (broad SMARTS) is 1. The monoisotopic (exact) mass is 391 g/mol. The molecule has 0 amide bonds. The lowest BCUT2D eigenvalue weighted by atomic mass is 9.79. The van der Waals surface area contributed by atoms with Crippen LogP contribution in [0.25, 0.3) is 0 Å². The summed E-state index contributed by atoms with van der Waals surface area (Å²) in [6.45, 7) is 0.312. The van der Waals surface area contributed by atoms with Crippen LogP contribution in [0.4, 0.5) is 0 Å². The quantitative estimate of drug-likeness (QED) is 0.323. The van der Waals surface area contributed by atoms with Crippen LogP contribution >= 0.6 is 11.6 Å². The zero-order valence-corrected chi connectivity index (χ0v) is 15.4. The van der Waals surface area contributed by atoms with Gasteiger partial charge in [0.1, 0.15) is 6.10 Å². The Kier molecular flexibility index (Phi) is 6.40. The molecule has 144 valence electrons. The molecule has 3 rings (SSSR count). The van der Waals surface area contributed by atoms with Crippen LogP contribution in [-0.2, 0) is 9.63 Å². The van der Waals surface area contributed by atoms with Crippen molar-refractivity contribution in [3.05, 3.63) is 46.1 Å². The van der Waals surface area contributed by atoms with E-state index >= 15 is 0 Å². The van der Waals surface area contributed by atoms with Gasteiger partial charge in [-0.05, 0) is 42.5 Å². The summed E-state index contributed by atoms with van der Waals surface area (Å²) in [5, 5.41) is 29.7. The fourth-order valence-corrected chi connectivity index (χ4v) is 3.57. The molecule has 1 fully saturated rings. The van der Waals surface area contributed by atoms with E-state index in [0.29, 0.717) is 30.0 Å². The van der Waals surface area contributed by atoms with E-state index in [4.69, 9.17) is 21.5 Å². The second-order valence-electron chi connectivity index (χ2n) is 6.80. The Morgan fingerprint density at radius 1 is 1.33 bits per heavy atom. The Bertz CT molecular complexity index is 780. The van der Waals surface area contributed by atoms with Crippen molar-refractivity contribution in [2.45, 2.75) is 37.9 Å². The number of rotatable bonds is 7. The molecule has 6 nitrogen and oxygen atoms in total. The Hall–Kier alpha value is -2.04. The highest BCUT2D eigenvalue weighted by molar-refractivity contribution is 6.30. The fraction of sp³-hybridized carbons (Fsp3) is 0.450. The highest BCUT2D eigenvalue weighted by Crippen LogP contribution is 2.48.